The predicted molar refractivity (Wildman–Crippen MR) is 109 cm³/mol. The summed E-state index contributed by atoms with van der Waals surface area (Å²) >= 11 is 0. The van der Waals surface area contributed by atoms with Gasteiger partial charge in [0.05, 0.1) is 26.0 Å². The molecule has 0 fully saturated rings. The molecule has 0 spiro atoms. The van der Waals surface area contributed by atoms with E-state index in [1.54, 1.807) is 38.1 Å². The SMILES string of the molecule is CCOc1cc(N(NO)S(=O)(=O)O)c(OCC)cc1NC(=O)c1ccc(OC)cc1. The van der Waals surface area contributed by atoms with Crippen molar-refractivity contribution in [2.75, 3.05) is 30.1 Å². The minimum absolute atomic E-state index is 0.0508. The predicted octanol–water partition coefficient (Wildman–Crippen LogP) is 2.25. The molecule has 0 aliphatic rings. The van der Waals surface area contributed by atoms with E-state index in [9.17, 15) is 23.0 Å². The van der Waals surface area contributed by atoms with Crippen molar-refractivity contribution >= 4 is 27.6 Å². The van der Waals surface area contributed by atoms with E-state index >= 15 is 0 Å². The molecule has 2 aromatic carbocycles. The van der Waals surface area contributed by atoms with Gasteiger partial charge in [-0.15, -0.1) is 0 Å². The van der Waals surface area contributed by atoms with Gasteiger partial charge in [0.1, 0.15) is 22.9 Å². The van der Waals surface area contributed by atoms with E-state index in [0.29, 0.717) is 11.3 Å². The van der Waals surface area contributed by atoms with Gasteiger partial charge in [0.2, 0.25) is 0 Å². The zero-order valence-electron chi connectivity index (χ0n) is 16.6. The maximum atomic E-state index is 12.6. The van der Waals surface area contributed by atoms with Crippen molar-refractivity contribution < 1.29 is 37.2 Å². The maximum Gasteiger partial charge on any atom is 0.375 e. The van der Waals surface area contributed by atoms with Crippen LogP contribution in [0.1, 0.15) is 24.2 Å². The van der Waals surface area contributed by atoms with Gasteiger partial charge in [-0.05, 0) is 38.1 Å². The van der Waals surface area contributed by atoms with Crippen molar-refractivity contribution in [1.29, 1.82) is 0 Å². The molecule has 1 amide bonds. The Hall–Kier alpha value is -3.06. The first-order chi connectivity index (χ1) is 14.2. The van der Waals surface area contributed by atoms with Gasteiger partial charge in [-0.1, -0.05) is 5.59 Å². The summed E-state index contributed by atoms with van der Waals surface area (Å²) in [4.78, 5) is 12.6. The third kappa shape index (κ3) is 5.51. The topological polar surface area (TPSA) is 147 Å². The number of methoxy groups -OCH3 is 1. The van der Waals surface area contributed by atoms with Gasteiger partial charge in [-0.2, -0.15) is 12.8 Å². The van der Waals surface area contributed by atoms with E-state index in [-0.39, 0.29) is 40.5 Å². The molecule has 4 N–H and O–H groups in total. The number of carbonyl (C=O) groups is 1. The number of hydrogen-bond donors (Lipinski definition) is 4. The van der Waals surface area contributed by atoms with Gasteiger partial charge >= 0.3 is 10.3 Å². The van der Waals surface area contributed by atoms with E-state index in [1.165, 1.54) is 24.8 Å². The van der Waals surface area contributed by atoms with Crippen molar-refractivity contribution in [3.8, 4) is 17.2 Å². The highest BCUT2D eigenvalue weighted by molar-refractivity contribution is 7.87. The number of amides is 1. The van der Waals surface area contributed by atoms with Gasteiger partial charge < -0.3 is 19.5 Å². The molecular weight excluding hydrogens is 418 g/mol. The summed E-state index contributed by atoms with van der Waals surface area (Å²) < 4.78 is 48.6. The molecule has 0 bridgehead atoms. The second-order valence-electron chi connectivity index (χ2n) is 5.71. The lowest BCUT2D eigenvalue weighted by Crippen LogP contribution is -2.40. The zero-order valence-corrected chi connectivity index (χ0v) is 17.4. The highest BCUT2D eigenvalue weighted by atomic mass is 32.2. The first-order valence-corrected chi connectivity index (χ1v) is 10.2. The average Bonchev–Trinajstić information content (AvgIpc) is 2.70. The van der Waals surface area contributed by atoms with Gasteiger partial charge in [-0.3, -0.25) is 14.6 Å². The Morgan fingerprint density at radius 2 is 1.67 bits per heavy atom. The minimum atomic E-state index is -4.89. The fraction of sp³-hybridized carbons (Fsp3) is 0.278. The van der Waals surface area contributed by atoms with Crippen molar-refractivity contribution in [3.05, 3.63) is 42.0 Å². The lowest BCUT2D eigenvalue weighted by molar-refractivity contribution is 0.102. The number of hydrogen-bond acceptors (Lipinski definition) is 8. The summed E-state index contributed by atoms with van der Waals surface area (Å²) in [5.74, 6) is 0.166. The van der Waals surface area contributed by atoms with E-state index in [1.807, 2.05) is 0 Å². The van der Waals surface area contributed by atoms with Crippen LogP contribution in [0.25, 0.3) is 0 Å². The summed E-state index contributed by atoms with van der Waals surface area (Å²) in [6.07, 6.45) is 0. The molecule has 0 saturated carbocycles. The van der Waals surface area contributed by atoms with Crippen LogP contribution in [-0.4, -0.2) is 44.4 Å². The fourth-order valence-electron chi connectivity index (χ4n) is 2.52. The molecule has 0 radical (unpaired) electrons. The lowest BCUT2D eigenvalue weighted by atomic mass is 10.2. The number of nitrogens with zero attached hydrogens (tertiary/aromatic N) is 1. The highest BCUT2D eigenvalue weighted by Gasteiger charge is 2.26. The first kappa shape index (κ1) is 23.2. The largest absolute Gasteiger partial charge is 0.497 e. The lowest BCUT2D eigenvalue weighted by Gasteiger charge is -2.23. The Balaban J connectivity index is 2.49. The van der Waals surface area contributed by atoms with Crippen LogP contribution in [0.2, 0.25) is 0 Å². The molecule has 0 aliphatic heterocycles. The third-order valence-electron chi connectivity index (χ3n) is 3.80. The Morgan fingerprint density at radius 3 is 2.17 bits per heavy atom. The van der Waals surface area contributed by atoms with Crippen molar-refractivity contribution in [2.45, 2.75) is 13.8 Å². The van der Waals surface area contributed by atoms with E-state index in [0.717, 1.165) is 0 Å². The minimum Gasteiger partial charge on any atom is -0.497 e. The number of carbonyl (C=O) groups excluding carboxylic acids is 1. The molecule has 2 rings (SSSR count). The standard InChI is InChI=1S/C18H23N3O8S/c1-4-28-16-11-15(21(20-23)30(24,25)26)17(29-5-2)10-14(16)19-18(22)12-6-8-13(27-3)9-7-12/h6-11,20,23H,4-5H2,1-3H3,(H,19,22)(H,24,25,26). The van der Waals surface area contributed by atoms with Crippen molar-refractivity contribution in [1.82, 2.24) is 5.59 Å². The molecule has 12 heteroatoms. The number of ether oxygens (including phenoxy) is 3. The van der Waals surface area contributed by atoms with Crippen LogP contribution in [0.15, 0.2) is 36.4 Å². The Kier molecular flexibility index (Phi) is 7.83. The molecule has 0 unspecified atom stereocenters. The molecule has 164 valence electrons. The monoisotopic (exact) mass is 441 g/mol. The van der Waals surface area contributed by atoms with Crippen LogP contribution in [0, 0.1) is 0 Å². The summed E-state index contributed by atoms with van der Waals surface area (Å²) in [5, 5.41) is 11.9. The molecule has 2 aromatic rings. The molecular formula is C18H23N3O8S. The molecule has 0 aliphatic carbocycles. The number of anilines is 2. The summed E-state index contributed by atoms with van der Waals surface area (Å²) in [6, 6.07) is 8.91. The third-order valence-corrected chi connectivity index (χ3v) is 4.54. The van der Waals surface area contributed by atoms with Crippen LogP contribution >= 0.6 is 0 Å². The Morgan fingerprint density at radius 1 is 1.07 bits per heavy atom. The summed E-state index contributed by atoms with van der Waals surface area (Å²) in [5.41, 5.74) is 1.66. The summed E-state index contributed by atoms with van der Waals surface area (Å²) in [7, 11) is -3.38. The Bertz CT molecular complexity index is 980. The first-order valence-electron chi connectivity index (χ1n) is 8.81. The van der Waals surface area contributed by atoms with Gasteiger partial charge in [-0.25, -0.2) is 0 Å². The second kappa shape index (κ2) is 10.1. The van der Waals surface area contributed by atoms with Crippen LogP contribution in [0.5, 0.6) is 17.2 Å². The molecule has 0 saturated heterocycles. The smallest absolute Gasteiger partial charge is 0.375 e. The molecule has 0 heterocycles. The number of benzene rings is 2. The van der Waals surface area contributed by atoms with E-state index in [4.69, 9.17) is 14.2 Å². The summed E-state index contributed by atoms with van der Waals surface area (Å²) in [6.45, 7) is 3.67. The van der Waals surface area contributed by atoms with Crippen LogP contribution in [-0.2, 0) is 10.3 Å². The van der Waals surface area contributed by atoms with Gasteiger partial charge in [0.25, 0.3) is 5.91 Å². The van der Waals surface area contributed by atoms with Crippen molar-refractivity contribution in [2.24, 2.45) is 0 Å². The Labute approximate surface area is 174 Å². The fourth-order valence-corrected chi connectivity index (χ4v) is 3.01. The number of rotatable bonds is 10. The second-order valence-corrected chi connectivity index (χ2v) is 6.97. The van der Waals surface area contributed by atoms with Gasteiger partial charge in [0, 0.05) is 17.7 Å². The van der Waals surface area contributed by atoms with Crippen LogP contribution < -0.4 is 29.5 Å². The van der Waals surface area contributed by atoms with Gasteiger partial charge in [0.15, 0.2) is 0 Å². The quantitative estimate of drug-likeness (QED) is 0.322. The van der Waals surface area contributed by atoms with Crippen molar-refractivity contribution in [3.63, 3.8) is 0 Å². The molecule has 11 nitrogen and oxygen atoms in total. The average molecular weight is 441 g/mol. The number of hydrazine groups is 1. The highest BCUT2D eigenvalue weighted by Crippen LogP contribution is 2.39. The zero-order chi connectivity index (χ0) is 22.3. The maximum absolute atomic E-state index is 12.6. The van der Waals surface area contributed by atoms with E-state index in [2.05, 4.69) is 5.32 Å². The normalized spacial score (nSPS) is 11.0. The number of nitrogens with one attached hydrogen (secondary N) is 2. The molecule has 0 atom stereocenters. The molecule has 0 aromatic heterocycles. The van der Waals surface area contributed by atoms with E-state index < -0.39 is 16.2 Å². The van der Waals surface area contributed by atoms with Crippen LogP contribution in [0.4, 0.5) is 11.4 Å². The molecule has 30 heavy (non-hydrogen) atoms. The van der Waals surface area contributed by atoms with Crippen LogP contribution in [0.3, 0.4) is 0 Å².